The van der Waals surface area contributed by atoms with E-state index in [-0.39, 0.29) is 7.92 Å². The lowest BCUT2D eigenvalue weighted by atomic mass is 10.2. The van der Waals surface area contributed by atoms with Crippen LogP contribution >= 0.6 is 19.7 Å². The molecule has 1 fully saturated rings. The smallest absolute Gasteiger partial charge is 0.0539 e. The Morgan fingerprint density at radius 3 is 2.22 bits per heavy atom. The fourth-order valence-electron chi connectivity index (χ4n) is 2.45. The van der Waals surface area contributed by atoms with Gasteiger partial charge < -0.3 is 0 Å². The van der Waals surface area contributed by atoms with Gasteiger partial charge in [0.05, 0.1) is 4.99 Å². The van der Waals surface area contributed by atoms with Gasteiger partial charge in [-0.3, -0.25) is 0 Å². The van der Waals surface area contributed by atoms with Crippen molar-refractivity contribution in [3.63, 3.8) is 0 Å². The first-order chi connectivity index (χ1) is 8.84. The maximum absolute atomic E-state index is 2.37. The average Bonchev–Trinajstić information content (AvgIpc) is 2.83. The molecule has 0 amide bonds. The third-order valence-corrected chi connectivity index (χ3v) is 8.57. The summed E-state index contributed by atoms with van der Waals surface area (Å²) in [6.07, 6.45) is 1.35. The molecule has 0 unspecified atom stereocenters. The van der Waals surface area contributed by atoms with Crippen LogP contribution in [0.15, 0.2) is 60.7 Å². The van der Waals surface area contributed by atoms with Crippen molar-refractivity contribution in [2.45, 2.75) is 17.2 Å². The van der Waals surface area contributed by atoms with Gasteiger partial charge in [0.15, 0.2) is 0 Å². The topological polar surface area (TPSA) is 0 Å². The molecule has 0 aromatic heterocycles. The van der Waals surface area contributed by atoms with E-state index in [4.69, 9.17) is 0 Å². The first kappa shape index (κ1) is 12.3. The molecule has 0 bridgehead atoms. The van der Waals surface area contributed by atoms with Gasteiger partial charge >= 0.3 is 0 Å². The van der Waals surface area contributed by atoms with Gasteiger partial charge in [-0.05, 0) is 17.0 Å². The van der Waals surface area contributed by atoms with Gasteiger partial charge in [0.2, 0.25) is 0 Å². The van der Waals surface area contributed by atoms with Crippen LogP contribution in [0.5, 0.6) is 0 Å². The van der Waals surface area contributed by atoms with Crippen molar-refractivity contribution in [1.82, 2.24) is 0 Å². The Morgan fingerprint density at radius 2 is 1.56 bits per heavy atom. The Bertz CT molecular complexity index is 450. The fourth-order valence-corrected chi connectivity index (χ4v) is 8.17. The molecule has 3 atom stereocenters. The second kappa shape index (κ2) is 5.47. The highest BCUT2D eigenvalue weighted by atomic mass is 32.2. The molecule has 0 aliphatic carbocycles. The molecule has 2 aromatic rings. The molecule has 1 aliphatic rings. The number of hydrogen-bond donors (Lipinski definition) is 0. The summed E-state index contributed by atoms with van der Waals surface area (Å²) in [4.78, 5) is 0.679. The molecule has 0 nitrogen and oxygen atoms in total. The Morgan fingerprint density at radius 1 is 0.944 bits per heavy atom. The third kappa shape index (κ3) is 2.48. The Kier molecular flexibility index (Phi) is 3.72. The molecule has 1 saturated heterocycles. The maximum Gasteiger partial charge on any atom is 0.0539 e. The predicted octanol–water partition coefficient (Wildman–Crippen LogP) is 4.63. The number of benzene rings is 2. The van der Waals surface area contributed by atoms with E-state index in [0.717, 1.165) is 5.25 Å². The zero-order valence-electron chi connectivity index (χ0n) is 10.5. The molecule has 0 spiro atoms. The summed E-state index contributed by atoms with van der Waals surface area (Å²) in [6, 6.07) is 22.1. The molecular weight excluding hydrogens is 255 g/mol. The minimum Gasteiger partial charge on any atom is -0.145 e. The van der Waals surface area contributed by atoms with E-state index in [1.165, 1.54) is 11.7 Å². The third-order valence-electron chi connectivity index (χ3n) is 3.27. The Balaban J connectivity index is 1.93. The lowest BCUT2D eigenvalue weighted by Gasteiger charge is -2.20. The molecule has 1 aliphatic heterocycles. The van der Waals surface area contributed by atoms with E-state index >= 15 is 0 Å². The Labute approximate surface area is 115 Å². The second-order valence-electron chi connectivity index (χ2n) is 4.70. The van der Waals surface area contributed by atoms with E-state index < -0.39 is 0 Å². The van der Waals surface area contributed by atoms with Crippen LogP contribution in [-0.4, -0.2) is 11.4 Å². The van der Waals surface area contributed by atoms with Gasteiger partial charge in [0.25, 0.3) is 0 Å². The van der Waals surface area contributed by atoms with E-state index in [9.17, 15) is 0 Å². The van der Waals surface area contributed by atoms with Crippen LogP contribution in [-0.2, 0) is 0 Å². The molecule has 0 saturated carbocycles. The number of rotatable bonds is 2. The zero-order valence-corrected chi connectivity index (χ0v) is 12.2. The van der Waals surface area contributed by atoms with Crippen molar-refractivity contribution >= 4 is 25.0 Å². The van der Waals surface area contributed by atoms with Crippen molar-refractivity contribution < 1.29 is 0 Å². The van der Waals surface area contributed by atoms with Crippen LogP contribution in [0.3, 0.4) is 0 Å². The van der Waals surface area contributed by atoms with E-state index in [2.05, 4.69) is 79.3 Å². The molecule has 3 rings (SSSR count). The van der Waals surface area contributed by atoms with E-state index in [1.807, 2.05) is 0 Å². The van der Waals surface area contributed by atoms with Crippen LogP contribution in [0, 0.1) is 0 Å². The summed E-state index contributed by atoms with van der Waals surface area (Å²) in [7, 11) is -0.0563. The van der Waals surface area contributed by atoms with Gasteiger partial charge in [-0.1, -0.05) is 75.5 Å². The lowest BCUT2D eigenvalue weighted by Crippen LogP contribution is -2.04. The average molecular weight is 272 g/mol. The van der Waals surface area contributed by atoms with Crippen LogP contribution in [0.25, 0.3) is 0 Å². The van der Waals surface area contributed by atoms with Crippen LogP contribution in [0.2, 0.25) is 0 Å². The van der Waals surface area contributed by atoms with Crippen LogP contribution in [0.1, 0.15) is 17.5 Å². The van der Waals surface area contributed by atoms with Gasteiger partial charge in [0, 0.05) is 5.25 Å². The largest absolute Gasteiger partial charge is 0.145 e. The molecule has 92 valence electrons. The summed E-state index contributed by atoms with van der Waals surface area (Å²) in [5.74, 6) is 0. The standard InChI is InChI=1S/C16H17PS/c1-13-12-17(15-10-6-3-7-11-15)16(18-13)14-8-4-2-5-9-14/h2-11,13,16H,12H2,1H3/t13-,16+,17+/m1/s1. The summed E-state index contributed by atoms with van der Waals surface area (Å²) in [5, 5.41) is 2.33. The summed E-state index contributed by atoms with van der Waals surface area (Å²) in [6.45, 7) is 2.37. The van der Waals surface area contributed by atoms with Crippen molar-refractivity contribution in [1.29, 1.82) is 0 Å². The van der Waals surface area contributed by atoms with Crippen molar-refractivity contribution in [2.24, 2.45) is 0 Å². The van der Waals surface area contributed by atoms with Gasteiger partial charge in [-0.2, -0.15) is 0 Å². The minimum absolute atomic E-state index is 0.0563. The quantitative estimate of drug-likeness (QED) is 0.718. The predicted molar refractivity (Wildman–Crippen MR) is 84.1 cm³/mol. The molecule has 1 heterocycles. The molecule has 0 N–H and O–H groups in total. The normalized spacial score (nSPS) is 27.3. The number of hydrogen-bond acceptors (Lipinski definition) is 1. The highest BCUT2D eigenvalue weighted by molar-refractivity contribution is 8.08. The molecular formula is C16H17PS. The first-order valence-corrected chi connectivity index (χ1v) is 8.90. The van der Waals surface area contributed by atoms with Crippen LogP contribution in [0.4, 0.5) is 0 Å². The van der Waals surface area contributed by atoms with Crippen molar-refractivity contribution in [3.8, 4) is 0 Å². The molecule has 18 heavy (non-hydrogen) atoms. The molecule has 2 aromatic carbocycles. The summed E-state index contributed by atoms with van der Waals surface area (Å²) >= 11 is 2.15. The van der Waals surface area contributed by atoms with Gasteiger partial charge in [-0.25, -0.2) is 0 Å². The maximum atomic E-state index is 2.37. The first-order valence-electron chi connectivity index (χ1n) is 6.37. The second-order valence-corrected chi connectivity index (χ2v) is 8.93. The lowest BCUT2D eigenvalue weighted by molar-refractivity contribution is 1.14. The SMILES string of the molecule is C[C@@H]1C[P@@](c2ccccc2)[C@H](c2ccccc2)S1. The van der Waals surface area contributed by atoms with Crippen molar-refractivity contribution in [2.75, 3.05) is 6.16 Å². The fraction of sp³-hybridized carbons (Fsp3) is 0.250. The van der Waals surface area contributed by atoms with Crippen LogP contribution < -0.4 is 5.30 Å². The highest BCUT2D eigenvalue weighted by Gasteiger charge is 2.34. The molecule has 2 heteroatoms. The monoisotopic (exact) mass is 272 g/mol. The minimum atomic E-state index is -0.0563. The Hall–Kier alpha value is -0.780. The van der Waals surface area contributed by atoms with Gasteiger partial charge in [-0.15, -0.1) is 11.8 Å². The molecule has 0 radical (unpaired) electrons. The van der Waals surface area contributed by atoms with E-state index in [1.54, 1.807) is 5.30 Å². The number of thioether (sulfide) groups is 1. The zero-order chi connectivity index (χ0) is 12.4. The summed E-state index contributed by atoms with van der Waals surface area (Å²) in [5.41, 5.74) is 1.50. The van der Waals surface area contributed by atoms with Gasteiger partial charge in [0.1, 0.15) is 0 Å². The summed E-state index contributed by atoms with van der Waals surface area (Å²) < 4.78 is 0. The van der Waals surface area contributed by atoms with E-state index in [0.29, 0.717) is 4.99 Å². The van der Waals surface area contributed by atoms with Crippen molar-refractivity contribution in [3.05, 3.63) is 66.2 Å². The highest BCUT2D eigenvalue weighted by Crippen LogP contribution is 2.64.